The topological polar surface area (TPSA) is 41.5 Å². The molecule has 0 aliphatic carbocycles. The second kappa shape index (κ2) is 7.39. The number of aliphatic hydroxyl groups is 1. The Balaban J connectivity index is 1.96. The number of benzene rings is 2. The summed E-state index contributed by atoms with van der Waals surface area (Å²) in [6, 6.07) is 14.7. The van der Waals surface area contributed by atoms with Gasteiger partial charge in [-0.25, -0.2) is 0 Å². The minimum absolute atomic E-state index is 0.209. The van der Waals surface area contributed by atoms with E-state index < -0.39 is 6.10 Å². The van der Waals surface area contributed by atoms with Crippen molar-refractivity contribution in [1.82, 2.24) is 0 Å². The van der Waals surface area contributed by atoms with Gasteiger partial charge in [-0.15, -0.1) is 11.6 Å². The first-order valence-corrected chi connectivity index (χ1v) is 7.10. The molecule has 106 valence electrons. The lowest BCUT2D eigenvalue weighted by Gasteiger charge is -2.11. The highest BCUT2D eigenvalue weighted by Crippen LogP contribution is 2.29. The minimum atomic E-state index is -0.560. The lowest BCUT2D eigenvalue weighted by Crippen LogP contribution is -2.20. The minimum Gasteiger partial charge on any atom is -0.456 e. The van der Waals surface area contributed by atoms with Crippen LogP contribution in [0.4, 0.5) is 5.69 Å². The molecule has 2 rings (SSSR count). The van der Waals surface area contributed by atoms with E-state index in [1.165, 1.54) is 0 Å². The Morgan fingerprint density at radius 1 is 1.10 bits per heavy atom. The highest BCUT2D eigenvalue weighted by molar-refractivity contribution is 6.32. The first-order valence-electron chi connectivity index (χ1n) is 6.19. The molecule has 0 heterocycles. The second-order valence-corrected chi connectivity index (χ2v) is 4.96. The zero-order chi connectivity index (χ0) is 14.4. The molecule has 0 saturated carbocycles. The summed E-state index contributed by atoms with van der Waals surface area (Å²) >= 11 is 11.6. The molecule has 0 aromatic heterocycles. The second-order valence-electron chi connectivity index (χ2n) is 4.25. The van der Waals surface area contributed by atoms with Crippen LogP contribution in [0.2, 0.25) is 5.02 Å². The maximum Gasteiger partial charge on any atom is 0.146 e. The highest BCUT2D eigenvalue weighted by atomic mass is 35.5. The Morgan fingerprint density at radius 2 is 1.80 bits per heavy atom. The van der Waals surface area contributed by atoms with Crippen LogP contribution in [-0.2, 0) is 0 Å². The quantitative estimate of drug-likeness (QED) is 0.788. The molecule has 0 saturated heterocycles. The van der Waals surface area contributed by atoms with Crippen molar-refractivity contribution < 1.29 is 9.84 Å². The van der Waals surface area contributed by atoms with Crippen molar-refractivity contribution >= 4 is 28.9 Å². The van der Waals surface area contributed by atoms with Crippen molar-refractivity contribution in [3.8, 4) is 11.5 Å². The summed E-state index contributed by atoms with van der Waals surface area (Å²) in [7, 11) is 0. The first-order chi connectivity index (χ1) is 9.69. The van der Waals surface area contributed by atoms with Crippen LogP contribution in [0.5, 0.6) is 11.5 Å². The number of nitrogens with one attached hydrogen (secondary N) is 1. The van der Waals surface area contributed by atoms with Crippen LogP contribution in [-0.4, -0.2) is 23.6 Å². The van der Waals surface area contributed by atoms with Crippen molar-refractivity contribution in [1.29, 1.82) is 0 Å². The molecule has 2 N–H and O–H groups in total. The van der Waals surface area contributed by atoms with Gasteiger partial charge >= 0.3 is 0 Å². The summed E-state index contributed by atoms with van der Waals surface area (Å²) < 4.78 is 5.68. The zero-order valence-corrected chi connectivity index (χ0v) is 12.2. The Bertz CT molecular complexity index is 546. The van der Waals surface area contributed by atoms with E-state index in [9.17, 15) is 5.11 Å². The van der Waals surface area contributed by atoms with Crippen LogP contribution >= 0.6 is 23.2 Å². The fourth-order valence-electron chi connectivity index (χ4n) is 1.59. The van der Waals surface area contributed by atoms with Gasteiger partial charge in [0.2, 0.25) is 0 Å². The van der Waals surface area contributed by atoms with Gasteiger partial charge in [0.1, 0.15) is 11.5 Å². The predicted molar refractivity (Wildman–Crippen MR) is 83.2 cm³/mol. The van der Waals surface area contributed by atoms with Crippen LogP contribution in [0.3, 0.4) is 0 Å². The van der Waals surface area contributed by atoms with Gasteiger partial charge in [-0.2, -0.15) is 0 Å². The lowest BCUT2D eigenvalue weighted by atomic mass is 10.3. The van der Waals surface area contributed by atoms with Gasteiger partial charge in [-0.3, -0.25) is 0 Å². The van der Waals surface area contributed by atoms with Gasteiger partial charge in [0.05, 0.1) is 17.0 Å². The summed E-state index contributed by atoms with van der Waals surface area (Å²) in [6.07, 6.45) is -0.560. The van der Waals surface area contributed by atoms with Crippen molar-refractivity contribution in [2.45, 2.75) is 6.10 Å². The average molecular weight is 312 g/mol. The SMILES string of the molecule is OC(CCl)CNc1ccc(Oc2ccccc2Cl)cc1. The molecule has 0 aliphatic heterocycles. The molecule has 3 nitrogen and oxygen atoms in total. The van der Waals surface area contributed by atoms with E-state index in [0.29, 0.717) is 23.1 Å². The molecule has 2 aromatic carbocycles. The molecule has 0 amide bonds. The Hall–Kier alpha value is -1.42. The molecular weight excluding hydrogens is 297 g/mol. The smallest absolute Gasteiger partial charge is 0.146 e. The molecule has 0 bridgehead atoms. The van der Waals surface area contributed by atoms with Gasteiger partial charge < -0.3 is 15.2 Å². The van der Waals surface area contributed by atoms with Gasteiger partial charge in [-0.05, 0) is 36.4 Å². The van der Waals surface area contributed by atoms with Crippen LogP contribution < -0.4 is 10.1 Å². The largest absolute Gasteiger partial charge is 0.456 e. The van der Waals surface area contributed by atoms with Gasteiger partial charge in [-0.1, -0.05) is 23.7 Å². The van der Waals surface area contributed by atoms with E-state index in [1.807, 2.05) is 42.5 Å². The van der Waals surface area contributed by atoms with Gasteiger partial charge in [0.15, 0.2) is 0 Å². The van der Waals surface area contributed by atoms with E-state index >= 15 is 0 Å². The van der Waals surface area contributed by atoms with Gasteiger partial charge in [0, 0.05) is 12.2 Å². The Labute approximate surface area is 128 Å². The van der Waals surface area contributed by atoms with Crippen LogP contribution in [0.1, 0.15) is 0 Å². The summed E-state index contributed by atoms with van der Waals surface area (Å²) in [6.45, 7) is 0.411. The molecule has 0 fully saturated rings. The van der Waals surface area contributed by atoms with Crippen LogP contribution in [0, 0.1) is 0 Å². The summed E-state index contributed by atoms with van der Waals surface area (Å²) in [4.78, 5) is 0. The number of rotatable bonds is 6. The maximum absolute atomic E-state index is 9.37. The van der Waals surface area contributed by atoms with Crippen molar-refractivity contribution in [3.63, 3.8) is 0 Å². The van der Waals surface area contributed by atoms with E-state index in [2.05, 4.69) is 5.32 Å². The fraction of sp³-hybridized carbons (Fsp3) is 0.200. The van der Waals surface area contributed by atoms with Crippen LogP contribution in [0.25, 0.3) is 0 Å². The number of halogens is 2. The molecule has 0 aliphatic rings. The third kappa shape index (κ3) is 4.30. The standard InChI is InChI=1S/C15H15Cl2NO2/c16-9-12(19)10-18-11-5-7-13(8-6-11)20-15-4-2-1-3-14(15)17/h1-8,12,18-19H,9-10H2. The third-order valence-electron chi connectivity index (χ3n) is 2.64. The number of hydrogen-bond donors (Lipinski definition) is 2. The van der Waals surface area contributed by atoms with E-state index in [4.69, 9.17) is 27.9 Å². The Morgan fingerprint density at radius 3 is 2.45 bits per heavy atom. The van der Waals surface area contributed by atoms with E-state index in [0.717, 1.165) is 5.69 Å². The van der Waals surface area contributed by atoms with Crippen LogP contribution in [0.15, 0.2) is 48.5 Å². The van der Waals surface area contributed by atoms with Crippen molar-refractivity contribution in [2.75, 3.05) is 17.7 Å². The summed E-state index contributed by atoms with van der Waals surface area (Å²) in [5, 5.41) is 13.0. The zero-order valence-electron chi connectivity index (χ0n) is 10.7. The summed E-state index contributed by atoms with van der Waals surface area (Å²) in [5.74, 6) is 1.52. The monoisotopic (exact) mass is 311 g/mol. The van der Waals surface area contributed by atoms with E-state index in [1.54, 1.807) is 6.07 Å². The number of aliphatic hydroxyl groups excluding tert-OH is 1. The third-order valence-corrected chi connectivity index (χ3v) is 3.31. The predicted octanol–water partition coefficient (Wildman–Crippen LogP) is 4.14. The maximum atomic E-state index is 9.37. The van der Waals surface area contributed by atoms with Gasteiger partial charge in [0.25, 0.3) is 0 Å². The van der Waals surface area contributed by atoms with Crippen molar-refractivity contribution in [3.05, 3.63) is 53.6 Å². The molecule has 2 aromatic rings. The summed E-state index contributed by atoms with van der Waals surface area (Å²) in [5.41, 5.74) is 0.890. The average Bonchev–Trinajstić information content (AvgIpc) is 2.48. The lowest BCUT2D eigenvalue weighted by molar-refractivity contribution is 0.211. The number of hydrogen-bond acceptors (Lipinski definition) is 3. The normalized spacial score (nSPS) is 11.9. The first kappa shape index (κ1) is 15.0. The number of anilines is 1. The molecule has 1 unspecified atom stereocenters. The van der Waals surface area contributed by atoms with E-state index in [-0.39, 0.29) is 5.88 Å². The fourth-order valence-corrected chi connectivity index (χ4v) is 1.87. The number of para-hydroxylation sites is 1. The highest BCUT2D eigenvalue weighted by Gasteiger charge is 2.03. The molecular formula is C15H15Cl2NO2. The molecule has 20 heavy (non-hydrogen) atoms. The Kier molecular flexibility index (Phi) is 5.53. The molecule has 1 atom stereocenters. The number of ether oxygens (including phenoxy) is 1. The molecule has 0 spiro atoms. The number of alkyl halides is 1. The van der Waals surface area contributed by atoms with Crippen molar-refractivity contribution in [2.24, 2.45) is 0 Å². The molecule has 5 heteroatoms. The molecule has 0 radical (unpaired) electrons.